The zero-order valence-corrected chi connectivity index (χ0v) is 13.5. The Labute approximate surface area is 142 Å². The van der Waals surface area contributed by atoms with Crippen molar-refractivity contribution in [3.63, 3.8) is 0 Å². The number of rotatable bonds is 4. The first kappa shape index (κ1) is 16.7. The number of carboxylic acids is 1. The third kappa shape index (κ3) is 3.68. The Morgan fingerprint density at radius 1 is 0.960 bits per heavy atom. The van der Waals surface area contributed by atoms with E-state index in [2.05, 4.69) is 0 Å². The molecule has 0 radical (unpaired) electrons. The first-order valence-electron chi connectivity index (χ1n) is 7.80. The Morgan fingerprint density at radius 3 is 1.84 bits per heavy atom. The molecule has 2 aromatic heterocycles. The molecular formula is C19H16O6. The van der Waals surface area contributed by atoms with E-state index in [1.807, 2.05) is 6.92 Å². The van der Waals surface area contributed by atoms with Crippen molar-refractivity contribution in [2.75, 3.05) is 0 Å². The van der Waals surface area contributed by atoms with Crippen molar-refractivity contribution in [1.29, 1.82) is 0 Å². The summed E-state index contributed by atoms with van der Waals surface area (Å²) in [4.78, 5) is 34.2. The molecule has 0 aromatic carbocycles. The predicted octanol–water partition coefficient (Wildman–Crippen LogP) is 2.80. The lowest BCUT2D eigenvalue weighted by Crippen LogP contribution is -2.15. The maximum absolute atomic E-state index is 11.5. The molecule has 25 heavy (non-hydrogen) atoms. The molecule has 0 fully saturated rings. The van der Waals surface area contributed by atoms with Gasteiger partial charge in [0.1, 0.15) is 11.5 Å². The minimum absolute atomic E-state index is 0.117. The average Bonchev–Trinajstić information content (AvgIpc) is 2.56. The van der Waals surface area contributed by atoms with Gasteiger partial charge in [0, 0.05) is 24.0 Å². The predicted molar refractivity (Wildman–Crippen MR) is 90.8 cm³/mol. The minimum Gasteiger partial charge on any atom is -0.481 e. The first-order valence-corrected chi connectivity index (χ1v) is 7.80. The topological polar surface area (TPSA) is 97.7 Å². The van der Waals surface area contributed by atoms with Crippen molar-refractivity contribution in [1.82, 2.24) is 0 Å². The lowest BCUT2D eigenvalue weighted by atomic mass is 9.80. The van der Waals surface area contributed by atoms with E-state index >= 15 is 0 Å². The molecule has 0 amide bonds. The maximum Gasteiger partial charge on any atom is 0.336 e. The number of allylic oxidation sites excluding steroid dienone is 4. The van der Waals surface area contributed by atoms with Crippen LogP contribution in [0.15, 0.2) is 67.0 Å². The van der Waals surface area contributed by atoms with E-state index < -0.39 is 23.1 Å². The van der Waals surface area contributed by atoms with Gasteiger partial charge in [-0.05, 0) is 23.3 Å². The van der Waals surface area contributed by atoms with Gasteiger partial charge in [-0.2, -0.15) is 0 Å². The van der Waals surface area contributed by atoms with Crippen LogP contribution in [0.1, 0.15) is 24.9 Å². The van der Waals surface area contributed by atoms with Crippen molar-refractivity contribution in [2.24, 2.45) is 11.8 Å². The molecular weight excluding hydrogens is 324 g/mol. The minimum atomic E-state index is -0.949. The van der Waals surface area contributed by atoms with Crippen LogP contribution in [-0.2, 0) is 4.79 Å². The second-order valence-electron chi connectivity index (χ2n) is 5.85. The standard InChI is InChI=1S/C19H16O6/c1-11-13(15-4-2-6-18(22)24-15)8-12(10-17(20)21)9-14(11)16-5-3-7-19(23)25-16/h2-9,11-12H,10H2,1H3,(H,20,21). The molecule has 1 N–H and O–H groups in total. The molecule has 0 atom stereocenters. The number of carbonyl (C=O) groups is 1. The van der Waals surface area contributed by atoms with Crippen molar-refractivity contribution in [3.8, 4) is 0 Å². The number of hydrogen-bond donors (Lipinski definition) is 1. The fourth-order valence-electron chi connectivity index (χ4n) is 2.97. The van der Waals surface area contributed by atoms with Gasteiger partial charge in [0.25, 0.3) is 0 Å². The van der Waals surface area contributed by atoms with E-state index in [0.717, 1.165) is 0 Å². The van der Waals surface area contributed by atoms with E-state index in [1.54, 1.807) is 36.4 Å². The summed E-state index contributed by atoms with van der Waals surface area (Å²) < 4.78 is 10.5. The Bertz CT molecular complexity index is 904. The molecule has 0 aliphatic heterocycles. The van der Waals surface area contributed by atoms with Gasteiger partial charge in [0.05, 0.1) is 6.42 Å². The summed E-state index contributed by atoms with van der Waals surface area (Å²) in [6, 6.07) is 9.10. The van der Waals surface area contributed by atoms with Crippen molar-refractivity contribution in [2.45, 2.75) is 13.3 Å². The van der Waals surface area contributed by atoms with Gasteiger partial charge < -0.3 is 13.9 Å². The smallest absolute Gasteiger partial charge is 0.336 e. The highest BCUT2D eigenvalue weighted by Crippen LogP contribution is 2.40. The summed E-state index contributed by atoms with van der Waals surface area (Å²) in [5.74, 6) is -0.843. The van der Waals surface area contributed by atoms with E-state index in [0.29, 0.717) is 22.7 Å². The molecule has 0 saturated heterocycles. The van der Waals surface area contributed by atoms with Gasteiger partial charge in [0.15, 0.2) is 0 Å². The molecule has 1 aliphatic carbocycles. The van der Waals surface area contributed by atoms with Crippen LogP contribution in [0.25, 0.3) is 11.1 Å². The highest BCUT2D eigenvalue weighted by atomic mass is 16.4. The molecule has 3 rings (SSSR count). The van der Waals surface area contributed by atoms with Crippen LogP contribution in [0.4, 0.5) is 0 Å². The van der Waals surface area contributed by atoms with Crippen LogP contribution < -0.4 is 11.3 Å². The molecule has 128 valence electrons. The summed E-state index contributed by atoms with van der Waals surface area (Å²) >= 11 is 0. The van der Waals surface area contributed by atoms with E-state index in [9.17, 15) is 14.4 Å². The molecule has 6 nitrogen and oxygen atoms in total. The van der Waals surface area contributed by atoms with Crippen molar-refractivity contribution < 1.29 is 18.7 Å². The number of aliphatic carboxylic acids is 1. The summed E-state index contributed by atoms with van der Waals surface area (Å²) in [6.45, 7) is 1.88. The quantitative estimate of drug-likeness (QED) is 0.919. The van der Waals surface area contributed by atoms with Gasteiger partial charge in [-0.25, -0.2) is 9.59 Å². The van der Waals surface area contributed by atoms with Crippen LogP contribution in [0, 0.1) is 11.8 Å². The monoisotopic (exact) mass is 340 g/mol. The second kappa shape index (κ2) is 6.76. The van der Waals surface area contributed by atoms with Crippen LogP contribution >= 0.6 is 0 Å². The zero-order valence-electron chi connectivity index (χ0n) is 13.5. The maximum atomic E-state index is 11.5. The lowest BCUT2D eigenvalue weighted by Gasteiger charge is -2.25. The lowest BCUT2D eigenvalue weighted by molar-refractivity contribution is -0.137. The normalized spacial score (nSPS) is 19.9. The summed E-state index contributed by atoms with van der Waals surface area (Å²) in [5, 5.41) is 9.13. The Morgan fingerprint density at radius 2 is 1.44 bits per heavy atom. The third-order valence-corrected chi connectivity index (χ3v) is 4.08. The van der Waals surface area contributed by atoms with Crippen molar-refractivity contribution >= 4 is 17.1 Å². The van der Waals surface area contributed by atoms with E-state index in [4.69, 9.17) is 13.9 Å². The Hall–Kier alpha value is -3.15. The van der Waals surface area contributed by atoms with Gasteiger partial charge in [-0.1, -0.05) is 31.2 Å². The van der Waals surface area contributed by atoms with Crippen LogP contribution in [0.3, 0.4) is 0 Å². The van der Waals surface area contributed by atoms with Gasteiger partial charge in [-0.15, -0.1) is 0 Å². The first-order chi connectivity index (χ1) is 11.9. The van der Waals surface area contributed by atoms with Crippen LogP contribution in [-0.4, -0.2) is 11.1 Å². The summed E-state index contributed by atoms with van der Waals surface area (Å²) in [5.41, 5.74) is 0.409. The summed E-state index contributed by atoms with van der Waals surface area (Å²) in [6.07, 6.45) is 3.44. The largest absolute Gasteiger partial charge is 0.481 e. The van der Waals surface area contributed by atoms with Crippen molar-refractivity contribution in [3.05, 3.63) is 80.9 Å². The fraction of sp³-hybridized carbons (Fsp3) is 0.211. The van der Waals surface area contributed by atoms with Crippen LogP contribution in [0.2, 0.25) is 0 Å². The Balaban J connectivity index is 2.10. The molecule has 0 saturated carbocycles. The average molecular weight is 340 g/mol. The second-order valence-corrected chi connectivity index (χ2v) is 5.85. The Kier molecular flexibility index (Phi) is 4.52. The van der Waals surface area contributed by atoms with Gasteiger partial charge in [-0.3, -0.25) is 4.79 Å². The molecule has 0 bridgehead atoms. The molecule has 1 aliphatic rings. The fourth-order valence-corrected chi connectivity index (χ4v) is 2.97. The zero-order chi connectivity index (χ0) is 18.0. The molecule has 0 spiro atoms. The molecule has 0 unspecified atom stereocenters. The number of carboxylic acid groups (broad SMARTS) is 1. The highest BCUT2D eigenvalue weighted by Gasteiger charge is 2.27. The van der Waals surface area contributed by atoms with E-state index in [-0.39, 0.29) is 12.3 Å². The molecule has 2 aromatic rings. The number of hydrogen-bond acceptors (Lipinski definition) is 5. The van der Waals surface area contributed by atoms with E-state index in [1.165, 1.54) is 12.1 Å². The molecule has 2 heterocycles. The summed E-state index contributed by atoms with van der Waals surface area (Å²) in [7, 11) is 0. The molecule has 6 heteroatoms. The van der Waals surface area contributed by atoms with Gasteiger partial charge >= 0.3 is 17.2 Å². The highest BCUT2D eigenvalue weighted by molar-refractivity contribution is 5.83. The van der Waals surface area contributed by atoms with Crippen LogP contribution in [0.5, 0.6) is 0 Å². The third-order valence-electron chi connectivity index (χ3n) is 4.08. The SMILES string of the molecule is CC1C(c2cccc(=O)o2)=CC(CC(=O)O)C=C1c1cccc(=O)o1. The van der Waals surface area contributed by atoms with Gasteiger partial charge in [0.2, 0.25) is 0 Å².